The van der Waals surface area contributed by atoms with Gasteiger partial charge in [-0.05, 0) is 30.7 Å². The number of hydrogen-bond acceptors (Lipinski definition) is 2. The molecule has 0 aliphatic carbocycles. The molecule has 0 unspecified atom stereocenters. The van der Waals surface area contributed by atoms with Crippen molar-refractivity contribution < 1.29 is 8.78 Å². The lowest BCUT2D eigenvalue weighted by molar-refractivity contribution is 0.145. The highest BCUT2D eigenvalue weighted by Gasteiger charge is 2.19. The van der Waals surface area contributed by atoms with Crippen LogP contribution in [0.2, 0.25) is 0 Å². The molecular formula is C14H15F2N3. The van der Waals surface area contributed by atoms with E-state index in [2.05, 4.69) is 10.4 Å². The first-order valence-corrected chi connectivity index (χ1v) is 6.31. The zero-order chi connectivity index (χ0) is 13.4. The molecule has 1 N–H and O–H groups in total. The van der Waals surface area contributed by atoms with Gasteiger partial charge in [-0.3, -0.25) is 0 Å². The van der Waals surface area contributed by atoms with Crippen molar-refractivity contribution in [1.82, 2.24) is 15.1 Å². The first kappa shape index (κ1) is 12.3. The minimum Gasteiger partial charge on any atom is -0.315 e. The average molecular weight is 263 g/mol. The minimum atomic E-state index is -2.53. The SMILES string of the molecule is Cc1cc(C(F)F)nn1-c1ccc(C2CNC2)cc1. The zero-order valence-corrected chi connectivity index (χ0v) is 10.6. The van der Waals surface area contributed by atoms with E-state index in [1.165, 1.54) is 11.6 Å². The van der Waals surface area contributed by atoms with Crippen LogP contribution in [0.4, 0.5) is 8.78 Å². The summed E-state index contributed by atoms with van der Waals surface area (Å²) in [5.74, 6) is 0.574. The summed E-state index contributed by atoms with van der Waals surface area (Å²) in [6.45, 7) is 3.80. The Morgan fingerprint density at radius 1 is 1.26 bits per heavy atom. The highest BCUT2D eigenvalue weighted by atomic mass is 19.3. The van der Waals surface area contributed by atoms with Gasteiger partial charge in [0, 0.05) is 24.7 Å². The quantitative estimate of drug-likeness (QED) is 0.922. The number of benzene rings is 1. The van der Waals surface area contributed by atoms with E-state index in [1.54, 1.807) is 11.6 Å². The molecule has 3 rings (SSSR count). The Morgan fingerprint density at radius 2 is 1.95 bits per heavy atom. The van der Waals surface area contributed by atoms with Gasteiger partial charge in [0.1, 0.15) is 5.69 Å². The molecule has 1 aromatic carbocycles. The number of nitrogens with zero attached hydrogens (tertiary/aromatic N) is 2. The number of aryl methyl sites for hydroxylation is 1. The molecule has 0 saturated carbocycles. The van der Waals surface area contributed by atoms with Crippen LogP contribution in [0, 0.1) is 6.92 Å². The van der Waals surface area contributed by atoms with Crippen LogP contribution in [0.1, 0.15) is 29.3 Å². The van der Waals surface area contributed by atoms with Gasteiger partial charge in [0.05, 0.1) is 5.69 Å². The van der Waals surface area contributed by atoms with Crippen LogP contribution in [0.25, 0.3) is 5.69 Å². The second-order valence-electron chi connectivity index (χ2n) is 4.87. The third kappa shape index (κ3) is 2.26. The fourth-order valence-electron chi connectivity index (χ4n) is 2.28. The number of aromatic nitrogens is 2. The van der Waals surface area contributed by atoms with Crippen molar-refractivity contribution in [3.63, 3.8) is 0 Å². The molecule has 5 heteroatoms. The Bertz CT molecular complexity index is 571. The van der Waals surface area contributed by atoms with Crippen molar-refractivity contribution in [1.29, 1.82) is 0 Å². The van der Waals surface area contributed by atoms with E-state index in [9.17, 15) is 8.78 Å². The third-order valence-corrected chi connectivity index (χ3v) is 3.52. The third-order valence-electron chi connectivity index (χ3n) is 3.52. The molecule has 19 heavy (non-hydrogen) atoms. The van der Waals surface area contributed by atoms with Crippen molar-refractivity contribution in [2.45, 2.75) is 19.3 Å². The molecule has 1 aromatic heterocycles. The summed E-state index contributed by atoms with van der Waals surface area (Å²) in [7, 11) is 0. The first-order chi connectivity index (χ1) is 9.15. The van der Waals surface area contributed by atoms with Crippen molar-refractivity contribution in [2.24, 2.45) is 0 Å². The fourth-order valence-corrected chi connectivity index (χ4v) is 2.28. The van der Waals surface area contributed by atoms with Gasteiger partial charge < -0.3 is 5.32 Å². The predicted octanol–water partition coefficient (Wildman–Crippen LogP) is 2.81. The Labute approximate surface area is 110 Å². The molecule has 0 radical (unpaired) electrons. The van der Waals surface area contributed by atoms with Crippen LogP contribution >= 0.6 is 0 Å². The van der Waals surface area contributed by atoms with Gasteiger partial charge >= 0.3 is 0 Å². The van der Waals surface area contributed by atoms with E-state index >= 15 is 0 Å². The summed E-state index contributed by atoms with van der Waals surface area (Å²) in [4.78, 5) is 0. The number of hydrogen-bond donors (Lipinski definition) is 1. The number of halogens is 2. The maximum atomic E-state index is 12.6. The van der Waals surface area contributed by atoms with Gasteiger partial charge in [-0.2, -0.15) is 5.10 Å². The summed E-state index contributed by atoms with van der Waals surface area (Å²) >= 11 is 0. The summed E-state index contributed by atoms with van der Waals surface area (Å²) in [6.07, 6.45) is -2.53. The van der Waals surface area contributed by atoms with E-state index in [-0.39, 0.29) is 5.69 Å². The molecule has 0 atom stereocenters. The van der Waals surface area contributed by atoms with E-state index in [1.807, 2.05) is 24.3 Å². The van der Waals surface area contributed by atoms with Gasteiger partial charge in [0.15, 0.2) is 0 Å². The second-order valence-corrected chi connectivity index (χ2v) is 4.87. The lowest BCUT2D eigenvalue weighted by Crippen LogP contribution is -2.39. The molecule has 0 bridgehead atoms. The largest absolute Gasteiger partial charge is 0.315 e. The average Bonchev–Trinajstić information content (AvgIpc) is 2.70. The highest BCUT2D eigenvalue weighted by Crippen LogP contribution is 2.23. The van der Waals surface area contributed by atoms with E-state index < -0.39 is 6.43 Å². The minimum absolute atomic E-state index is 0.176. The first-order valence-electron chi connectivity index (χ1n) is 6.31. The van der Waals surface area contributed by atoms with Gasteiger partial charge in [-0.1, -0.05) is 12.1 Å². The van der Waals surface area contributed by atoms with E-state index in [4.69, 9.17) is 0 Å². The van der Waals surface area contributed by atoms with Crippen molar-refractivity contribution in [3.8, 4) is 5.69 Å². The topological polar surface area (TPSA) is 29.9 Å². The van der Waals surface area contributed by atoms with Gasteiger partial charge in [0.2, 0.25) is 0 Å². The summed E-state index contributed by atoms with van der Waals surface area (Å²) < 4.78 is 26.8. The lowest BCUT2D eigenvalue weighted by Gasteiger charge is -2.27. The Morgan fingerprint density at radius 3 is 2.42 bits per heavy atom. The molecule has 2 aromatic rings. The smallest absolute Gasteiger partial charge is 0.282 e. The Hall–Kier alpha value is -1.75. The standard InChI is InChI=1S/C14H15F2N3/c1-9-6-13(14(15)16)18-19(9)12-4-2-10(3-5-12)11-7-17-8-11/h2-6,11,14,17H,7-8H2,1H3. The molecule has 0 amide bonds. The zero-order valence-electron chi connectivity index (χ0n) is 10.6. The molecule has 1 aliphatic rings. The van der Waals surface area contributed by atoms with E-state index in [0.717, 1.165) is 18.8 Å². The van der Waals surface area contributed by atoms with Crippen LogP contribution in [-0.4, -0.2) is 22.9 Å². The molecule has 2 heterocycles. The number of alkyl halides is 2. The van der Waals surface area contributed by atoms with Gasteiger partial charge in [0.25, 0.3) is 6.43 Å². The molecule has 100 valence electrons. The van der Waals surface area contributed by atoms with Gasteiger partial charge in [-0.15, -0.1) is 0 Å². The molecule has 1 fully saturated rings. The van der Waals surface area contributed by atoms with Crippen LogP contribution in [0.15, 0.2) is 30.3 Å². The normalized spacial score (nSPS) is 15.8. The van der Waals surface area contributed by atoms with Crippen LogP contribution < -0.4 is 5.32 Å². The van der Waals surface area contributed by atoms with Crippen LogP contribution in [-0.2, 0) is 0 Å². The Kier molecular flexibility index (Phi) is 3.06. The van der Waals surface area contributed by atoms with Crippen molar-refractivity contribution >= 4 is 0 Å². The van der Waals surface area contributed by atoms with Crippen molar-refractivity contribution in [3.05, 3.63) is 47.3 Å². The molecule has 3 nitrogen and oxygen atoms in total. The lowest BCUT2D eigenvalue weighted by atomic mass is 9.94. The second kappa shape index (κ2) is 4.74. The fraction of sp³-hybridized carbons (Fsp3) is 0.357. The molecule has 1 saturated heterocycles. The summed E-state index contributed by atoms with van der Waals surface area (Å²) in [5, 5.41) is 7.17. The molecule has 1 aliphatic heterocycles. The van der Waals surface area contributed by atoms with Crippen LogP contribution in [0.5, 0.6) is 0 Å². The summed E-state index contributed by atoms with van der Waals surface area (Å²) in [6, 6.07) is 9.38. The van der Waals surface area contributed by atoms with Crippen LogP contribution in [0.3, 0.4) is 0 Å². The molecule has 0 spiro atoms. The number of rotatable bonds is 3. The monoisotopic (exact) mass is 263 g/mol. The Balaban J connectivity index is 1.89. The summed E-state index contributed by atoms with van der Waals surface area (Å²) in [5.41, 5.74) is 2.64. The predicted molar refractivity (Wildman–Crippen MR) is 68.9 cm³/mol. The van der Waals surface area contributed by atoms with Crippen molar-refractivity contribution in [2.75, 3.05) is 13.1 Å². The highest BCUT2D eigenvalue weighted by molar-refractivity contribution is 5.38. The maximum Gasteiger partial charge on any atom is 0.282 e. The van der Waals surface area contributed by atoms with E-state index in [0.29, 0.717) is 11.6 Å². The number of nitrogens with one attached hydrogen (secondary N) is 1. The maximum absolute atomic E-state index is 12.6. The molecular weight excluding hydrogens is 248 g/mol. The van der Waals surface area contributed by atoms with Gasteiger partial charge in [-0.25, -0.2) is 13.5 Å².